The average Bonchev–Trinajstić information content (AvgIpc) is 2.35. The van der Waals surface area contributed by atoms with E-state index in [1.54, 1.807) is 0 Å². The Balaban J connectivity index is 2.15. The van der Waals surface area contributed by atoms with Crippen molar-refractivity contribution >= 4 is 21.6 Å². The second kappa shape index (κ2) is 5.77. The fourth-order valence-electron chi connectivity index (χ4n) is 2.54. The topological polar surface area (TPSA) is 59.1 Å². The zero-order valence-electron chi connectivity index (χ0n) is 11.1. The van der Waals surface area contributed by atoms with E-state index < -0.39 is 10.0 Å². The first kappa shape index (κ1) is 14.8. The number of pyridine rings is 1. The molecule has 2 rings (SSSR count). The second-order valence-corrected chi connectivity index (χ2v) is 7.41. The number of rotatable bonds is 3. The molecule has 1 aliphatic rings. The molecule has 0 bridgehead atoms. The highest BCUT2D eigenvalue weighted by atomic mass is 35.5. The lowest BCUT2D eigenvalue weighted by atomic mass is 9.78. The van der Waals surface area contributed by atoms with E-state index in [-0.39, 0.29) is 10.9 Å². The fraction of sp³-hybridized carbons (Fsp3) is 0.615. The van der Waals surface area contributed by atoms with Gasteiger partial charge in [-0.25, -0.2) is 18.1 Å². The molecule has 1 fully saturated rings. The summed E-state index contributed by atoms with van der Waals surface area (Å²) in [4.78, 5) is 3.99. The molecule has 6 heteroatoms. The largest absolute Gasteiger partial charge is 0.243 e. The summed E-state index contributed by atoms with van der Waals surface area (Å²) in [6.07, 6.45) is 4.42. The molecule has 0 unspecified atom stereocenters. The van der Waals surface area contributed by atoms with Gasteiger partial charge in [0.25, 0.3) is 0 Å². The van der Waals surface area contributed by atoms with E-state index in [9.17, 15) is 8.42 Å². The van der Waals surface area contributed by atoms with Crippen molar-refractivity contribution in [3.8, 4) is 0 Å². The number of halogens is 1. The summed E-state index contributed by atoms with van der Waals surface area (Å²) in [7, 11) is -3.50. The Bertz CT molecular complexity index is 530. The molecule has 1 aliphatic carbocycles. The van der Waals surface area contributed by atoms with Gasteiger partial charge >= 0.3 is 0 Å². The maximum absolute atomic E-state index is 12.3. The Labute approximate surface area is 119 Å². The fourth-order valence-corrected chi connectivity index (χ4v) is 3.95. The minimum Gasteiger partial charge on any atom is -0.243 e. The van der Waals surface area contributed by atoms with Crippen LogP contribution in [0.2, 0.25) is 5.15 Å². The third-order valence-corrected chi connectivity index (χ3v) is 5.72. The van der Waals surface area contributed by atoms with Crippen molar-refractivity contribution in [3.63, 3.8) is 0 Å². The molecule has 1 aromatic rings. The van der Waals surface area contributed by atoms with Gasteiger partial charge in [0, 0.05) is 12.2 Å². The Morgan fingerprint density at radius 3 is 2.68 bits per heavy atom. The number of aromatic nitrogens is 1. The van der Waals surface area contributed by atoms with Gasteiger partial charge in [-0.05, 0) is 30.4 Å². The van der Waals surface area contributed by atoms with Gasteiger partial charge < -0.3 is 0 Å². The molecular formula is C13H19ClN2O2S. The van der Waals surface area contributed by atoms with Crippen LogP contribution in [0.25, 0.3) is 0 Å². The lowest BCUT2D eigenvalue weighted by Gasteiger charge is -2.34. The highest BCUT2D eigenvalue weighted by Gasteiger charge is 2.30. The zero-order chi connectivity index (χ0) is 14.0. The third-order valence-electron chi connectivity index (χ3n) is 4.02. The molecule has 4 nitrogen and oxygen atoms in total. The minimum absolute atomic E-state index is 0.00410. The van der Waals surface area contributed by atoms with Crippen molar-refractivity contribution < 1.29 is 8.42 Å². The molecule has 106 valence electrons. The molecule has 1 heterocycles. The quantitative estimate of drug-likeness (QED) is 0.874. The smallest absolute Gasteiger partial charge is 0.242 e. The van der Waals surface area contributed by atoms with Crippen molar-refractivity contribution in [1.29, 1.82) is 0 Å². The number of hydrogen-bond donors (Lipinski definition) is 1. The summed E-state index contributed by atoms with van der Waals surface area (Å²) in [6, 6.07) is 2.97. The van der Waals surface area contributed by atoms with Gasteiger partial charge in [-0.3, -0.25) is 0 Å². The SMILES string of the molecule is C[C@H]1[C@H](C)CCC[C@@H]1NS(=O)(=O)c1ccc(Cl)nc1. The summed E-state index contributed by atoms with van der Waals surface area (Å²) in [6.45, 7) is 4.28. The average molecular weight is 303 g/mol. The number of sulfonamides is 1. The zero-order valence-corrected chi connectivity index (χ0v) is 12.7. The second-order valence-electron chi connectivity index (χ2n) is 5.31. The van der Waals surface area contributed by atoms with Crippen LogP contribution in [0.4, 0.5) is 0 Å². The summed E-state index contributed by atoms with van der Waals surface area (Å²) in [5.41, 5.74) is 0. The molecule has 0 amide bonds. The van der Waals surface area contributed by atoms with Gasteiger partial charge in [-0.1, -0.05) is 38.3 Å². The Kier molecular flexibility index (Phi) is 4.48. The molecule has 3 atom stereocenters. The third kappa shape index (κ3) is 3.46. The molecule has 1 N–H and O–H groups in total. The normalized spacial score (nSPS) is 28.3. The number of nitrogens with zero attached hydrogens (tertiary/aromatic N) is 1. The first-order chi connectivity index (χ1) is 8.90. The molecule has 0 spiro atoms. The van der Waals surface area contributed by atoms with Crippen molar-refractivity contribution in [2.75, 3.05) is 0 Å². The predicted molar refractivity (Wildman–Crippen MR) is 75.5 cm³/mol. The van der Waals surface area contributed by atoms with Crippen molar-refractivity contribution in [1.82, 2.24) is 9.71 Å². The Morgan fingerprint density at radius 1 is 1.32 bits per heavy atom. The van der Waals surface area contributed by atoms with Crippen LogP contribution < -0.4 is 4.72 Å². The van der Waals surface area contributed by atoms with E-state index in [2.05, 4.69) is 23.6 Å². The molecule has 1 saturated carbocycles. The summed E-state index contributed by atoms with van der Waals surface area (Å²) in [5, 5.41) is 0.290. The van der Waals surface area contributed by atoms with Gasteiger partial charge in [0.1, 0.15) is 10.0 Å². The van der Waals surface area contributed by atoms with Crippen LogP contribution in [0.15, 0.2) is 23.2 Å². The first-order valence-electron chi connectivity index (χ1n) is 6.54. The van der Waals surface area contributed by atoms with Crippen LogP contribution in [0.3, 0.4) is 0 Å². The maximum Gasteiger partial charge on any atom is 0.242 e. The summed E-state index contributed by atoms with van der Waals surface area (Å²) in [5.74, 6) is 0.897. The molecule has 0 aromatic carbocycles. The van der Waals surface area contributed by atoms with Gasteiger partial charge in [-0.15, -0.1) is 0 Å². The van der Waals surface area contributed by atoms with E-state index in [0.717, 1.165) is 12.8 Å². The summed E-state index contributed by atoms with van der Waals surface area (Å²) >= 11 is 5.67. The predicted octanol–water partition coefficient (Wildman–Crippen LogP) is 2.84. The van der Waals surface area contributed by atoms with E-state index in [4.69, 9.17) is 11.6 Å². The Hall–Kier alpha value is -0.650. The van der Waals surface area contributed by atoms with Crippen LogP contribution in [0.1, 0.15) is 33.1 Å². The Morgan fingerprint density at radius 2 is 2.05 bits per heavy atom. The molecule has 0 saturated heterocycles. The van der Waals surface area contributed by atoms with Crippen LogP contribution >= 0.6 is 11.6 Å². The highest BCUT2D eigenvalue weighted by molar-refractivity contribution is 7.89. The van der Waals surface area contributed by atoms with Crippen LogP contribution in [0.5, 0.6) is 0 Å². The monoisotopic (exact) mass is 302 g/mol. The molecule has 0 radical (unpaired) electrons. The van der Waals surface area contributed by atoms with Gasteiger partial charge in [0.2, 0.25) is 10.0 Å². The lowest BCUT2D eigenvalue weighted by Crippen LogP contribution is -2.43. The standard InChI is InChI=1S/C13H19ClN2O2S/c1-9-4-3-5-12(10(9)2)16-19(17,18)11-6-7-13(14)15-8-11/h6-10,12,16H,3-5H2,1-2H3/t9-,10+,12+/m1/s1. The molecule has 1 aromatic heterocycles. The minimum atomic E-state index is -3.50. The van der Waals surface area contributed by atoms with Gasteiger partial charge in [-0.2, -0.15) is 0 Å². The lowest BCUT2D eigenvalue weighted by molar-refractivity contribution is 0.227. The number of nitrogens with one attached hydrogen (secondary N) is 1. The molecular weight excluding hydrogens is 284 g/mol. The van der Waals surface area contributed by atoms with Crippen LogP contribution in [-0.4, -0.2) is 19.4 Å². The van der Waals surface area contributed by atoms with Crippen molar-refractivity contribution in [2.45, 2.75) is 44.0 Å². The number of hydrogen-bond acceptors (Lipinski definition) is 3. The molecule has 0 aliphatic heterocycles. The van der Waals surface area contributed by atoms with Gasteiger partial charge in [0.15, 0.2) is 0 Å². The van der Waals surface area contributed by atoms with Gasteiger partial charge in [0.05, 0.1) is 0 Å². The van der Waals surface area contributed by atoms with E-state index in [1.807, 2.05) is 0 Å². The molecule has 19 heavy (non-hydrogen) atoms. The van der Waals surface area contributed by atoms with Crippen molar-refractivity contribution in [2.24, 2.45) is 11.8 Å². The highest BCUT2D eigenvalue weighted by Crippen LogP contribution is 2.30. The van der Waals surface area contributed by atoms with E-state index in [0.29, 0.717) is 17.0 Å². The van der Waals surface area contributed by atoms with E-state index >= 15 is 0 Å². The van der Waals surface area contributed by atoms with E-state index in [1.165, 1.54) is 24.8 Å². The van der Waals surface area contributed by atoms with Crippen LogP contribution in [-0.2, 0) is 10.0 Å². The summed E-state index contributed by atoms with van der Waals surface area (Å²) < 4.78 is 27.3. The van der Waals surface area contributed by atoms with Crippen molar-refractivity contribution in [3.05, 3.63) is 23.5 Å². The first-order valence-corrected chi connectivity index (χ1v) is 8.40. The van der Waals surface area contributed by atoms with Crippen LogP contribution in [0, 0.1) is 11.8 Å². The maximum atomic E-state index is 12.3.